The molecular formula is C19H18ClNO3S. The highest BCUT2D eigenvalue weighted by atomic mass is 35.5. The van der Waals surface area contributed by atoms with Gasteiger partial charge in [-0.3, -0.25) is 14.6 Å². The van der Waals surface area contributed by atoms with Crippen LogP contribution >= 0.6 is 23.4 Å². The Hall–Kier alpha value is -2.11. The molecule has 0 radical (unpaired) electrons. The number of carbonyl (C=O) groups is 2. The average molecular weight is 376 g/mol. The van der Waals surface area contributed by atoms with E-state index in [4.69, 9.17) is 16.3 Å². The maximum absolute atomic E-state index is 12.7. The van der Waals surface area contributed by atoms with Crippen LogP contribution in [0.2, 0.25) is 5.02 Å². The van der Waals surface area contributed by atoms with Crippen LogP contribution in [0.15, 0.2) is 58.4 Å². The van der Waals surface area contributed by atoms with Crippen molar-refractivity contribution in [3.63, 3.8) is 0 Å². The number of ketones is 1. The van der Waals surface area contributed by atoms with Crippen LogP contribution in [0.1, 0.15) is 17.3 Å². The second-order valence-corrected chi connectivity index (χ2v) is 6.34. The van der Waals surface area contributed by atoms with E-state index in [1.54, 1.807) is 43.0 Å². The predicted octanol–water partition coefficient (Wildman–Crippen LogP) is 4.83. The van der Waals surface area contributed by atoms with Gasteiger partial charge in [-0.25, -0.2) is 0 Å². The second kappa shape index (κ2) is 9.39. The van der Waals surface area contributed by atoms with E-state index < -0.39 is 17.7 Å². The summed E-state index contributed by atoms with van der Waals surface area (Å²) in [6.45, 7) is 1.87. The Labute approximate surface area is 156 Å². The maximum atomic E-state index is 12.7. The van der Waals surface area contributed by atoms with Gasteiger partial charge in [0.2, 0.25) is 0 Å². The minimum absolute atomic E-state index is 0.182. The first-order valence-electron chi connectivity index (χ1n) is 7.70. The summed E-state index contributed by atoms with van der Waals surface area (Å²) in [5, 5.41) is 0.291. The van der Waals surface area contributed by atoms with E-state index >= 15 is 0 Å². The van der Waals surface area contributed by atoms with Crippen molar-refractivity contribution in [3.8, 4) is 0 Å². The molecule has 6 heteroatoms. The Morgan fingerprint density at radius 2 is 1.88 bits per heavy atom. The normalized spacial score (nSPS) is 12.1. The average Bonchev–Trinajstić information content (AvgIpc) is 2.63. The lowest BCUT2D eigenvalue weighted by atomic mass is 9.98. The number of rotatable bonds is 7. The van der Waals surface area contributed by atoms with Crippen molar-refractivity contribution in [3.05, 3.63) is 59.1 Å². The van der Waals surface area contributed by atoms with Gasteiger partial charge in [0.05, 0.1) is 17.3 Å². The number of halogens is 1. The monoisotopic (exact) mass is 375 g/mol. The Morgan fingerprint density at radius 1 is 1.20 bits per heavy atom. The van der Waals surface area contributed by atoms with Crippen LogP contribution in [0.4, 0.5) is 5.69 Å². The molecule has 2 rings (SSSR count). The lowest BCUT2D eigenvalue weighted by Crippen LogP contribution is -2.28. The molecule has 4 nitrogen and oxygen atoms in total. The van der Waals surface area contributed by atoms with Gasteiger partial charge >= 0.3 is 5.97 Å². The van der Waals surface area contributed by atoms with Crippen molar-refractivity contribution in [1.29, 1.82) is 0 Å². The summed E-state index contributed by atoms with van der Waals surface area (Å²) in [5.41, 5.74) is 0.922. The number of esters is 1. The Kier molecular flexibility index (Phi) is 7.22. The number of hydrogen-bond donors (Lipinski definition) is 0. The molecule has 0 aromatic heterocycles. The van der Waals surface area contributed by atoms with Crippen molar-refractivity contribution in [2.24, 2.45) is 10.9 Å². The SMILES string of the molecule is CCOC(=O)C(C=Nc1ccc(SC)cc1)C(=O)c1ccccc1Cl. The fourth-order valence-electron chi connectivity index (χ4n) is 2.13. The van der Waals surface area contributed by atoms with Crippen LogP contribution in [0.3, 0.4) is 0 Å². The molecule has 130 valence electrons. The predicted molar refractivity (Wildman–Crippen MR) is 102 cm³/mol. The molecule has 2 aromatic rings. The van der Waals surface area contributed by atoms with Crippen LogP contribution in [-0.2, 0) is 9.53 Å². The molecule has 0 aliphatic rings. The minimum atomic E-state index is -1.14. The quantitative estimate of drug-likeness (QED) is 0.229. The fourth-order valence-corrected chi connectivity index (χ4v) is 2.76. The lowest BCUT2D eigenvalue weighted by Gasteiger charge is -2.11. The Balaban J connectivity index is 2.29. The third-order valence-electron chi connectivity index (χ3n) is 3.41. The molecule has 2 aromatic carbocycles. The molecule has 0 saturated heterocycles. The second-order valence-electron chi connectivity index (χ2n) is 5.05. The number of hydrogen-bond acceptors (Lipinski definition) is 5. The molecule has 0 bridgehead atoms. The van der Waals surface area contributed by atoms with Gasteiger partial charge in [-0.05, 0) is 49.6 Å². The van der Waals surface area contributed by atoms with Crippen LogP contribution in [0.5, 0.6) is 0 Å². The summed E-state index contributed by atoms with van der Waals surface area (Å²) >= 11 is 7.70. The van der Waals surface area contributed by atoms with Crippen LogP contribution < -0.4 is 0 Å². The highest BCUT2D eigenvalue weighted by Gasteiger charge is 2.28. The van der Waals surface area contributed by atoms with E-state index in [1.807, 2.05) is 30.5 Å². The van der Waals surface area contributed by atoms with Gasteiger partial charge in [0.15, 0.2) is 11.7 Å². The first-order chi connectivity index (χ1) is 12.1. The van der Waals surface area contributed by atoms with Crippen molar-refractivity contribution in [1.82, 2.24) is 0 Å². The van der Waals surface area contributed by atoms with E-state index in [2.05, 4.69) is 4.99 Å². The molecule has 0 N–H and O–H groups in total. The molecule has 1 atom stereocenters. The number of ether oxygens (including phenoxy) is 1. The van der Waals surface area contributed by atoms with Crippen molar-refractivity contribution in [2.45, 2.75) is 11.8 Å². The highest BCUT2D eigenvalue weighted by molar-refractivity contribution is 7.98. The zero-order chi connectivity index (χ0) is 18.2. The van der Waals surface area contributed by atoms with Crippen LogP contribution in [-0.4, -0.2) is 30.8 Å². The zero-order valence-electron chi connectivity index (χ0n) is 13.9. The molecule has 0 saturated carbocycles. The maximum Gasteiger partial charge on any atom is 0.322 e. The summed E-state index contributed by atoms with van der Waals surface area (Å²) in [4.78, 5) is 30.3. The van der Waals surface area contributed by atoms with E-state index in [-0.39, 0.29) is 12.2 Å². The number of carbonyl (C=O) groups excluding carboxylic acids is 2. The molecule has 0 spiro atoms. The Morgan fingerprint density at radius 3 is 2.48 bits per heavy atom. The zero-order valence-corrected chi connectivity index (χ0v) is 15.5. The summed E-state index contributed by atoms with van der Waals surface area (Å²) in [6.07, 6.45) is 3.30. The summed E-state index contributed by atoms with van der Waals surface area (Å²) in [5.74, 6) is -2.22. The first kappa shape index (κ1) is 19.2. The highest BCUT2D eigenvalue weighted by Crippen LogP contribution is 2.22. The number of aliphatic imine (C=N–C) groups is 1. The van der Waals surface area contributed by atoms with Crippen molar-refractivity contribution >= 4 is 47.0 Å². The standard InChI is InChI=1S/C19H18ClNO3S/c1-3-24-19(23)16(18(22)15-6-4-5-7-17(15)20)12-21-13-8-10-14(25-2)11-9-13/h4-12,16H,3H2,1-2H3. The first-order valence-corrected chi connectivity index (χ1v) is 9.30. The van der Waals surface area contributed by atoms with Crippen LogP contribution in [0.25, 0.3) is 0 Å². The van der Waals surface area contributed by atoms with Gasteiger partial charge in [0.1, 0.15) is 0 Å². The van der Waals surface area contributed by atoms with Gasteiger partial charge < -0.3 is 4.74 Å². The molecule has 25 heavy (non-hydrogen) atoms. The number of nitrogens with zero attached hydrogens (tertiary/aromatic N) is 1. The van der Waals surface area contributed by atoms with E-state index in [1.165, 1.54) is 6.21 Å². The number of Topliss-reactive ketones (excluding diaryl/α,β-unsaturated/α-hetero) is 1. The van der Waals surface area contributed by atoms with E-state index in [9.17, 15) is 9.59 Å². The molecule has 0 amide bonds. The third-order valence-corrected chi connectivity index (χ3v) is 4.48. The van der Waals surface area contributed by atoms with Gasteiger partial charge in [-0.15, -0.1) is 11.8 Å². The molecule has 0 aliphatic heterocycles. The van der Waals surface area contributed by atoms with Gasteiger partial charge in [-0.2, -0.15) is 0 Å². The van der Waals surface area contributed by atoms with Crippen molar-refractivity contribution < 1.29 is 14.3 Å². The number of thioether (sulfide) groups is 1. The minimum Gasteiger partial charge on any atom is -0.465 e. The van der Waals surface area contributed by atoms with Gasteiger partial charge in [0, 0.05) is 16.7 Å². The fraction of sp³-hybridized carbons (Fsp3) is 0.211. The van der Waals surface area contributed by atoms with E-state index in [0.29, 0.717) is 10.7 Å². The molecular weight excluding hydrogens is 358 g/mol. The summed E-state index contributed by atoms with van der Waals surface area (Å²) < 4.78 is 5.01. The topological polar surface area (TPSA) is 55.7 Å². The Bertz CT molecular complexity index is 774. The molecule has 0 aliphatic carbocycles. The van der Waals surface area contributed by atoms with Gasteiger partial charge in [0.25, 0.3) is 0 Å². The van der Waals surface area contributed by atoms with Crippen LogP contribution in [0, 0.1) is 5.92 Å². The third kappa shape index (κ3) is 5.18. The smallest absolute Gasteiger partial charge is 0.322 e. The molecule has 1 unspecified atom stereocenters. The largest absolute Gasteiger partial charge is 0.465 e. The summed E-state index contributed by atoms with van der Waals surface area (Å²) in [6, 6.07) is 14.1. The molecule has 0 fully saturated rings. The lowest BCUT2D eigenvalue weighted by molar-refractivity contribution is -0.143. The van der Waals surface area contributed by atoms with Crippen molar-refractivity contribution in [2.75, 3.05) is 12.9 Å². The van der Waals surface area contributed by atoms with Gasteiger partial charge in [-0.1, -0.05) is 23.7 Å². The molecule has 0 heterocycles. The summed E-state index contributed by atoms with van der Waals surface area (Å²) in [7, 11) is 0. The number of benzene rings is 2. The van der Waals surface area contributed by atoms with E-state index in [0.717, 1.165) is 4.90 Å².